The molecule has 7 heteroatoms. The molecule has 0 saturated carbocycles. The second-order valence-corrected chi connectivity index (χ2v) is 8.99. The van der Waals surface area contributed by atoms with Crippen molar-refractivity contribution in [2.24, 2.45) is 11.8 Å². The molecule has 0 radical (unpaired) electrons. The minimum Gasteiger partial charge on any atom is -0.374 e. The van der Waals surface area contributed by atoms with Crippen LogP contribution in [0, 0.1) is 11.8 Å². The van der Waals surface area contributed by atoms with Gasteiger partial charge in [0.2, 0.25) is 5.91 Å². The lowest BCUT2D eigenvalue weighted by Gasteiger charge is -2.52. The molecule has 1 aromatic carbocycles. The fourth-order valence-corrected chi connectivity index (χ4v) is 5.19. The highest BCUT2D eigenvalue weighted by atomic mass is 19.4. The molecule has 3 saturated heterocycles. The van der Waals surface area contributed by atoms with Crippen LogP contribution in [0.1, 0.15) is 44.2 Å². The summed E-state index contributed by atoms with van der Waals surface area (Å²) < 4.78 is 44.6. The second kappa shape index (κ2) is 7.91. The van der Waals surface area contributed by atoms with E-state index < -0.39 is 11.7 Å². The van der Waals surface area contributed by atoms with Crippen molar-refractivity contribution in [2.75, 3.05) is 19.7 Å². The zero-order valence-corrected chi connectivity index (χ0v) is 17.0. The van der Waals surface area contributed by atoms with Crippen molar-refractivity contribution in [3.63, 3.8) is 0 Å². The highest BCUT2D eigenvalue weighted by Gasteiger charge is 2.49. The number of rotatable bonds is 3. The minimum absolute atomic E-state index is 0.0526. The lowest BCUT2D eigenvalue weighted by atomic mass is 9.81. The Kier molecular flexibility index (Phi) is 5.64. The van der Waals surface area contributed by atoms with Crippen LogP contribution in [0.15, 0.2) is 24.3 Å². The summed E-state index contributed by atoms with van der Waals surface area (Å²) in [6.45, 7) is 7.16. The largest absolute Gasteiger partial charge is 0.416 e. The molecule has 3 aliphatic rings. The minimum atomic E-state index is -4.31. The molecule has 1 unspecified atom stereocenters. The van der Waals surface area contributed by atoms with Gasteiger partial charge in [-0.3, -0.25) is 9.69 Å². The fourth-order valence-electron chi connectivity index (χ4n) is 5.19. The summed E-state index contributed by atoms with van der Waals surface area (Å²) in [4.78, 5) is 17.2. The number of hydrogen-bond acceptors (Lipinski definition) is 3. The molecule has 4 nitrogen and oxygen atoms in total. The van der Waals surface area contributed by atoms with Gasteiger partial charge in [-0.25, -0.2) is 0 Å². The molecule has 0 bridgehead atoms. The van der Waals surface area contributed by atoms with Crippen LogP contribution in [0.5, 0.6) is 0 Å². The van der Waals surface area contributed by atoms with Crippen molar-refractivity contribution < 1.29 is 22.7 Å². The van der Waals surface area contributed by atoms with Crippen LogP contribution in [-0.2, 0) is 22.3 Å². The van der Waals surface area contributed by atoms with E-state index in [0.717, 1.165) is 43.6 Å². The maximum absolute atomic E-state index is 12.8. The Bertz CT molecular complexity index is 735. The third kappa shape index (κ3) is 4.17. The van der Waals surface area contributed by atoms with Crippen molar-refractivity contribution >= 4 is 5.91 Å². The van der Waals surface area contributed by atoms with Crippen molar-refractivity contribution in [3.05, 3.63) is 35.4 Å². The van der Waals surface area contributed by atoms with Gasteiger partial charge >= 0.3 is 6.18 Å². The summed E-state index contributed by atoms with van der Waals surface area (Å²) in [7, 11) is 0. The zero-order chi connectivity index (χ0) is 20.8. The molecular formula is C22H29F3N2O2. The Morgan fingerprint density at radius 2 is 1.90 bits per heavy atom. The van der Waals surface area contributed by atoms with E-state index in [4.69, 9.17) is 4.74 Å². The number of piperidine rings is 1. The predicted molar refractivity (Wildman–Crippen MR) is 103 cm³/mol. The molecule has 4 atom stereocenters. The molecule has 0 aliphatic carbocycles. The normalized spacial score (nSPS) is 31.0. The van der Waals surface area contributed by atoms with Gasteiger partial charge in [0.05, 0.1) is 30.4 Å². The van der Waals surface area contributed by atoms with E-state index in [1.54, 1.807) is 12.1 Å². The summed E-state index contributed by atoms with van der Waals surface area (Å²) in [6, 6.07) is 5.71. The van der Waals surface area contributed by atoms with Gasteiger partial charge in [-0.05, 0) is 42.4 Å². The summed E-state index contributed by atoms with van der Waals surface area (Å²) in [6.07, 6.45) is -1.98. The molecule has 3 aliphatic heterocycles. The van der Waals surface area contributed by atoms with Crippen LogP contribution in [-0.4, -0.2) is 53.6 Å². The van der Waals surface area contributed by atoms with Gasteiger partial charge in [-0.1, -0.05) is 26.0 Å². The SMILES string of the molecule is CC(C)[C@H]1CO[C@@H]2CCN(Cc3ccc(C(F)(F)F)cc3)C[C@H]3CCC(=O)N1C32. The van der Waals surface area contributed by atoms with Crippen molar-refractivity contribution in [1.29, 1.82) is 0 Å². The first-order valence-corrected chi connectivity index (χ1v) is 10.6. The molecule has 160 valence electrons. The van der Waals surface area contributed by atoms with Crippen molar-refractivity contribution in [3.8, 4) is 0 Å². The Morgan fingerprint density at radius 1 is 1.17 bits per heavy atom. The molecular weight excluding hydrogens is 381 g/mol. The molecule has 0 aromatic heterocycles. The first kappa shape index (κ1) is 20.7. The van der Waals surface area contributed by atoms with Gasteiger partial charge in [0.1, 0.15) is 0 Å². The third-order valence-electron chi connectivity index (χ3n) is 6.72. The van der Waals surface area contributed by atoms with Gasteiger partial charge in [0, 0.05) is 26.1 Å². The number of ether oxygens (including phenoxy) is 1. The number of carbonyl (C=O) groups excluding carboxylic acids is 1. The van der Waals surface area contributed by atoms with E-state index in [1.807, 2.05) is 0 Å². The Hall–Kier alpha value is -1.60. The zero-order valence-electron chi connectivity index (χ0n) is 17.0. The van der Waals surface area contributed by atoms with Crippen LogP contribution in [0.3, 0.4) is 0 Å². The maximum atomic E-state index is 12.8. The quantitative estimate of drug-likeness (QED) is 0.757. The van der Waals surface area contributed by atoms with Crippen LogP contribution in [0.2, 0.25) is 0 Å². The highest BCUT2D eigenvalue weighted by molar-refractivity contribution is 5.78. The Labute approximate surface area is 170 Å². The molecule has 0 N–H and O–H groups in total. The lowest BCUT2D eigenvalue weighted by molar-refractivity contribution is -0.172. The topological polar surface area (TPSA) is 32.8 Å². The van der Waals surface area contributed by atoms with Gasteiger partial charge in [0.25, 0.3) is 0 Å². The highest BCUT2D eigenvalue weighted by Crippen LogP contribution is 2.38. The Balaban J connectivity index is 1.49. The number of benzene rings is 1. The van der Waals surface area contributed by atoms with Gasteiger partial charge < -0.3 is 9.64 Å². The van der Waals surface area contributed by atoms with Crippen molar-refractivity contribution in [1.82, 2.24) is 9.80 Å². The van der Waals surface area contributed by atoms with Crippen LogP contribution in [0.25, 0.3) is 0 Å². The van der Waals surface area contributed by atoms with E-state index >= 15 is 0 Å². The standard InChI is InChI=1S/C22H29F3N2O2/c1-14(2)18-13-29-19-9-10-26(12-16-5-8-20(28)27(18)21(16)19)11-15-3-6-17(7-4-15)22(23,24)25/h3-4,6-7,14,16,18-19,21H,5,8-13H2,1-2H3/t16-,18-,19-,21?/m1/s1. The summed E-state index contributed by atoms with van der Waals surface area (Å²) >= 11 is 0. The van der Waals surface area contributed by atoms with Gasteiger partial charge in [-0.15, -0.1) is 0 Å². The van der Waals surface area contributed by atoms with Crippen LogP contribution in [0.4, 0.5) is 13.2 Å². The summed E-state index contributed by atoms with van der Waals surface area (Å²) in [5, 5.41) is 0. The second-order valence-electron chi connectivity index (χ2n) is 8.99. The van der Waals surface area contributed by atoms with E-state index in [-0.39, 0.29) is 24.1 Å². The number of likely N-dealkylation sites (tertiary alicyclic amines) is 1. The van der Waals surface area contributed by atoms with Gasteiger partial charge in [-0.2, -0.15) is 13.2 Å². The first-order chi connectivity index (χ1) is 13.7. The van der Waals surface area contributed by atoms with E-state index in [2.05, 4.69) is 23.6 Å². The molecule has 0 spiro atoms. The number of halogens is 3. The Morgan fingerprint density at radius 3 is 2.55 bits per heavy atom. The maximum Gasteiger partial charge on any atom is 0.416 e. The van der Waals surface area contributed by atoms with Crippen LogP contribution >= 0.6 is 0 Å². The van der Waals surface area contributed by atoms with E-state index in [0.29, 0.717) is 31.4 Å². The molecule has 1 amide bonds. The molecule has 3 fully saturated rings. The third-order valence-corrected chi connectivity index (χ3v) is 6.72. The smallest absolute Gasteiger partial charge is 0.374 e. The molecule has 29 heavy (non-hydrogen) atoms. The number of amides is 1. The fraction of sp³-hybridized carbons (Fsp3) is 0.682. The average Bonchev–Trinajstić information content (AvgIpc) is 2.84. The van der Waals surface area contributed by atoms with Gasteiger partial charge in [0.15, 0.2) is 0 Å². The predicted octanol–water partition coefficient (Wildman–Crippen LogP) is 3.94. The number of nitrogens with zero attached hydrogens (tertiary/aromatic N) is 2. The average molecular weight is 410 g/mol. The van der Waals surface area contributed by atoms with E-state index in [9.17, 15) is 18.0 Å². The molecule has 1 aromatic rings. The number of hydrogen-bond donors (Lipinski definition) is 0. The van der Waals surface area contributed by atoms with E-state index in [1.165, 1.54) is 0 Å². The molecule has 4 rings (SSSR count). The first-order valence-electron chi connectivity index (χ1n) is 10.6. The summed E-state index contributed by atoms with van der Waals surface area (Å²) in [5.41, 5.74) is 0.269. The monoisotopic (exact) mass is 410 g/mol. The van der Waals surface area contributed by atoms with Crippen molar-refractivity contribution in [2.45, 2.75) is 64.0 Å². The molecule has 3 heterocycles. The number of morpholine rings is 1. The van der Waals surface area contributed by atoms with Crippen LogP contribution < -0.4 is 0 Å². The lowest BCUT2D eigenvalue weighted by Crippen LogP contribution is -2.65. The number of alkyl halides is 3. The number of carbonyl (C=O) groups is 1. The summed E-state index contributed by atoms with van der Waals surface area (Å²) in [5.74, 6) is 0.941.